The maximum absolute atomic E-state index is 12.1. The zero-order chi connectivity index (χ0) is 17.8. The van der Waals surface area contributed by atoms with Gasteiger partial charge in [-0.2, -0.15) is 10.2 Å². The number of ketones is 1. The van der Waals surface area contributed by atoms with E-state index in [4.69, 9.17) is 4.74 Å². The topological polar surface area (TPSA) is 68.8 Å². The fourth-order valence-corrected chi connectivity index (χ4v) is 3.48. The average molecular weight is 340 g/mol. The lowest BCUT2D eigenvalue weighted by Crippen LogP contribution is -2.19. The van der Waals surface area contributed by atoms with Crippen molar-refractivity contribution in [3.63, 3.8) is 0 Å². The molecule has 0 spiro atoms. The van der Waals surface area contributed by atoms with Gasteiger partial charge in [0.15, 0.2) is 5.78 Å². The summed E-state index contributed by atoms with van der Waals surface area (Å²) in [5.41, 5.74) is 2.76. The van der Waals surface area contributed by atoms with Crippen LogP contribution in [0.3, 0.4) is 0 Å². The normalized spacial score (nSPS) is 20.9. The third kappa shape index (κ3) is 3.85. The van der Waals surface area contributed by atoms with Gasteiger partial charge in [-0.1, -0.05) is 18.2 Å². The van der Waals surface area contributed by atoms with E-state index >= 15 is 0 Å². The van der Waals surface area contributed by atoms with Gasteiger partial charge < -0.3 is 4.74 Å². The molecule has 1 fully saturated rings. The van der Waals surface area contributed by atoms with Gasteiger partial charge in [0.25, 0.3) is 0 Å². The molecule has 25 heavy (non-hydrogen) atoms. The van der Waals surface area contributed by atoms with Crippen LogP contribution in [0.5, 0.6) is 0 Å². The summed E-state index contributed by atoms with van der Waals surface area (Å²) in [6, 6.07) is 9.53. The van der Waals surface area contributed by atoms with Crippen molar-refractivity contribution in [2.45, 2.75) is 44.6 Å². The summed E-state index contributed by atoms with van der Waals surface area (Å²) in [4.78, 5) is 12.1. The number of hydrogen-bond donors (Lipinski definition) is 0. The first-order valence-electron chi connectivity index (χ1n) is 8.67. The number of ether oxygens (including phenoxy) is 1. The van der Waals surface area contributed by atoms with Gasteiger partial charge in [0.1, 0.15) is 11.4 Å². The largest absolute Gasteiger partial charge is 0.381 e. The van der Waals surface area contributed by atoms with E-state index in [0.717, 1.165) is 37.1 Å². The zero-order valence-corrected chi connectivity index (χ0v) is 15.0. The fourth-order valence-electron chi connectivity index (χ4n) is 3.48. The molecular weight excluding hydrogens is 316 g/mol. The molecule has 1 aromatic heterocycles. The molecule has 2 aromatic rings. The van der Waals surface area contributed by atoms with Gasteiger partial charge in [0.05, 0.1) is 17.5 Å². The second-order valence-corrected chi connectivity index (χ2v) is 6.51. The number of rotatable bonds is 5. The smallest absolute Gasteiger partial charge is 0.180 e. The molecule has 0 saturated heterocycles. The molecule has 3 rings (SSSR count). The lowest BCUT2D eigenvalue weighted by Gasteiger charge is -2.26. The summed E-state index contributed by atoms with van der Waals surface area (Å²) in [6.07, 6.45) is 4.30. The number of methoxy groups -OCH3 is 1. The van der Waals surface area contributed by atoms with Crippen molar-refractivity contribution in [1.82, 2.24) is 9.78 Å². The van der Waals surface area contributed by atoms with E-state index in [2.05, 4.69) is 15.3 Å². The molecule has 6 heteroatoms. The van der Waals surface area contributed by atoms with Crippen molar-refractivity contribution in [2.75, 3.05) is 7.11 Å². The van der Waals surface area contributed by atoms with E-state index < -0.39 is 0 Å². The molecule has 0 amide bonds. The van der Waals surface area contributed by atoms with Crippen LogP contribution in [-0.4, -0.2) is 28.8 Å². The van der Waals surface area contributed by atoms with Crippen LogP contribution >= 0.6 is 0 Å². The highest BCUT2D eigenvalue weighted by molar-refractivity contribution is 5.97. The molecule has 1 aromatic carbocycles. The Morgan fingerprint density at radius 1 is 1.16 bits per heavy atom. The van der Waals surface area contributed by atoms with Gasteiger partial charge in [0, 0.05) is 27.0 Å². The van der Waals surface area contributed by atoms with Crippen molar-refractivity contribution in [3.05, 3.63) is 41.7 Å². The predicted octanol–water partition coefficient (Wildman–Crippen LogP) is 4.71. The molecule has 6 nitrogen and oxygen atoms in total. The second-order valence-electron chi connectivity index (χ2n) is 6.51. The van der Waals surface area contributed by atoms with Crippen LogP contribution in [0.25, 0.3) is 0 Å². The molecule has 0 radical (unpaired) electrons. The van der Waals surface area contributed by atoms with Crippen LogP contribution in [0.4, 0.5) is 11.4 Å². The van der Waals surface area contributed by atoms with Crippen LogP contribution < -0.4 is 0 Å². The quantitative estimate of drug-likeness (QED) is 0.584. The molecule has 0 unspecified atom stereocenters. The number of hydrogen-bond acceptors (Lipinski definition) is 5. The maximum Gasteiger partial charge on any atom is 0.180 e. The Labute approximate surface area is 147 Å². The van der Waals surface area contributed by atoms with Gasteiger partial charge in [-0.25, -0.2) is 0 Å². The SMILES string of the molecule is COC1CCC(c2nn(C)c(C(C)=O)c2N=Nc2ccccc2)CC1. The van der Waals surface area contributed by atoms with Crippen LogP contribution in [0.15, 0.2) is 40.6 Å². The number of azo groups is 1. The molecule has 1 heterocycles. The highest BCUT2D eigenvalue weighted by Crippen LogP contribution is 2.39. The van der Waals surface area contributed by atoms with Crippen molar-refractivity contribution in [1.29, 1.82) is 0 Å². The Hall–Kier alpha value is -2.34. The van der Waals surface area contributed by atoms with E-state index in [1.165, 1.54) is 0 Å². The van der Waals surface area contributed by atoms with Crippen LogP contribution in [0.1, 0.15) is 54.7 Å². The van der Waals surface area contributed by atoms with E-state index in [-0.39, 0.29) is 11.7 Å². The van der Waals surface area contributed by atoms with E-state index in [1.54, 1.807) is 25.8 Å². The number of aryl methyl sites for hydroxylation is 1. The average Bonchev–Trinajstić information content (AvgIpc) is 2.97. The van der Waals surface area contributed by atoms with Gasteiger partial charge in [-0.05, 0) is 37.8 Å². The lowest BCUT2D eigenvalue weighted by atomic mass is 9.84. The Morgan fingerprint density at radius 3 is 2.44 bits per heavy atom. The van der Waals surface area contributed by atoms with Crippen molar-refractivity contribution >= 4 is 17.2 Å². The highest BCUT2D eigenvalue weighted by atomic mass is 16.5. The number of benzene rings is 1. The van der Waals surface area contributed by atoms with Crippen LogP contribution in [0, 0.1) is 0 Å². The molecular formula is C19H24N4O2. The zero-order valence-electron chi connectivity index (χ0n) is 15.0. The summed E-state index contributed by atoms with van der Waals surface area (Å²) in [5.74, 6) is 0.240. The van der Waals surface area contributed by atoms with Crippen molar-refractivity contribution in [2.24, 2.45) is 17.3 Å². The number of aromatic nitrogens is 2. The first kappa shape index (κ1) is 17.5. The van der Waals surface area contributed by atoms with Crippen LogP contribution in [0.2, 0.25) is 0 Å². The first-order valence-corrected chi connectivity index (χ1v) is 8.67. The molecule has 1 saturated carbocycles. The van der Waals surface area contributed by atoms with Crippen molar-refractivity contribution in [3.8, 4) is 0 Å². The Balaban J connectivity index is 1.94. The van der Waals surface area contributed by atoms with Crippen molar-refractivity contribution < 1.29 is 9.53 Å². The van der Waals surface area contributed by atoms with Gasteiger partial charge in [-0.15, -0.1) is 5.11 Å². The Bertz CT molecular complexity index is 759. The minimum absolute atomic E-state index is 0.0474. The highest BCUT2D eigenvalue weighted by Gasteiger charge is 2.29. The van der Waals surface area contributed by atoms with E-state index in [1.807, 2.05) is 30.3 Å². The second kappa shape index (κ2) is 7.70. The fraction of sp³-hybridized carbons (Fsp3) is 0.474. The Morgan fingerprint density at radius 2 is 1.84 bits per heavy atom. The molecule has 1 aliphatic carbocycles. The third-order valence-electron chi connectivity index (χ3n) is 4.80. The van der Waals surface area contributed by atoms with Crippen LogP contribution in [-0.2, 0) is 11.8 Å². The summed E-state index contributed by atoms with van der Waals surface area (Å²) >= 11 is 0. The first-order chi connectivity index (χ1) is 12.1. The lowest BCUT2D eigenvalue weighted by molar-refractivity contribution is 0.0655. The minimum Gasteiger partial charge on any atom is -0.381 e. The number of nitrogens with zero attached hydrogens (tertiary/aromatic N) is 4. The Kier molecular flexibility index (Phi) is 5.38. The molecule has 132 valence electrons. The monoisotopic (exact) mass is 340 g/mol. The molecule has 1 aliphatic rings. The summed E-state index contributed by atoms with van der Waals surface area (Å²) in [7, 11) is 3.56. The van der Waals surface area contributed by atoms with E-state index in [9.17, 15) is 4.79 Å². The molecule has 0 aliphatic heterocycles. The standard InChI is InChI=1S/C19H24N4O2/c1-13(24)19-18(21-20-15-7-5-4-6-8-15)17(22-23(19)2)14-9-11-16(25-3)12-10-14/h4-8,14,16H,9-12H2,1-3H3. The van der Waals surface area contributed by atoms with Gasteiger partial charge >= 0.3 is 0 Å². The molecule has 0 bridgehead atoms. The number of Topliss-reactive ketones (excluding diaryl/α,β-unsaturated/α-hetero) is 1. The molecule has 0 N–H and O–H groups in total. The number of carbonyl (C=O) groups excluding carboxylic acids is 1. The predicted molar refractivity (Wildman–Crippen MR) is 95.8 cm³/mol. The number of carbonyl (C=O) groups is 1. The van der Waals surface area contributed by atoms with Gasteiger partial charge in [0.2, 0.25) is 0 Å². The van der Waals surface area contributed by atoms with Gasteiger partial charge in [-0.3, -0.25) is 9.48 Å². The molecule has 0 atom stereocenters. The van der Waals surface area contributed by atoms with E-state index in [0.29, 0.717) is 17.5 Å². The third-order valence-corrected chi connectivity index (χ3v) is 4.80. The summed E-state index contributed by atoms with van der Waals surface area (Å²) in [6.45, 7) is 1.55. The summed E-state index contributed by atoms with van der Waals surface area (Å²) in [5, 5.41) is 13.4. The summed E-state index contributed by atoms with van der Waals surface area (Å²) < 4.78 is 7.09. The minimum atomic E-state index is -0.0474. The maximum atomic E-state index is 12.1.